The molecule has 0 aromatic heterocycles. The van der Waals surface area contributed by atoms with Crippen molar-refractivity contribution < 1.29 is 35.9 Å². The predicted octanol–water partition coefficient (Wildman–Crippen LogP) is 2.60. The summed E-state index contributed by atoms with van der Waals surface area (Å²) in [5.41, 5.74) is 0. The molecule has 0 bridgehead atoms. The van der Waals surface area contributed by atoms with Gasteiger partial charge in [0.25, 0.3) is 0 Å². The fourth-order valence-electron chi connectivity index (χ4n) is 0.513. The first kappa shape index (κ1) is 13.8. The zero-order valence-corrected chi connectivity index (χ0v) is 7.37. The lowest BCUT2D eigenvalue weighted by atomic mass is 10.2. The van der Waals surface area contributed by atoms with Gasteiger partial charge in [0.2, 0.25) is 0 Å². The number of rotatable bonds is 3. The van der Waals surface area contributed by atoms with E-state index in [0.29, 0.717) is 0 Å². The van der Waals surface area contributed by atoms with Crippen LogP contribution in [0.25, 0.3) is 0 Å². The number of hydrogen-bond donors (Lipinski definition) is 0. The third-order valence-corrected chi connectivity index (χ3v) is 1.19. The van der Waals surface area contributed by atoms with Crippen LogP contribution in [-0.2, 0) is 9.53 Å². The van der Waals surface area contributed by atoms with E-state index in [0.717, 1.165) is 0 Å². The summed E-state index contributed by atoms with van der Waals surface area (Å²) in [5.74, 6) is -10.2. The Morgan fingerprint density at radius 3 is 2.07 bits per heavy atom. The van der Waals surface area contributed by atoms with E-state index in [1.54, 1.807) is 0 Å². The minimum Gasteiger partial charge on any atom is -0.463 e. The number of hydrogen-bond acceptors (Lipinski definition) is 2. The van der Waals surface area contributed by atoms with Crippen molar-refractivity contribution in [2.45, 2.75) is 19.0 Å². The van der Waals surface area contributed by atoms with Crippen LogP contribution >= 0.6 is 0 Å². The molecule has 0 aromatic carbocycles. The van der Waals surface area contributed by atoms with Crippen molar-refractivity contribution in [2.75, 3.05) is 6.61 Å². The van der Waals surface area contributed by atoms with Crippen molar-refractivity contribution in [3.05, 3.63) is 11.9 Å². The number of alkyl halides is 5. The molecule has 2 nitrogen and oxygen atoms in total. The van der Waals surface area contributed by atoms with Crippen LogP contribution in [0, 0.1) is 0 Å². The van der Waals surface area contributed by atoms with Crippen LogP contribution in [0.2, 0.25) is 0 Å². The average molecular weight is 236 g/mol. The first-order valence-corrected chi connectivity index (χ1v) is 3.62. The molecule has 0 saturated heterocycles. The fraction of sp³-hybridized carbons (Fsp3) is 0.571. The average Bonchev–Trinajstić information content (AvgIpc) is 2.02. The third kappa shape index (κ3) is 3.45. The molecule has 0 aliphatic carbocycles. The van der Waals surface area contributed by atoms with Crippen molar-refractivity contribution in [3.8, 4) is 0 Å². The van der Waals surface area contributed by atoms with Gasteiger partial charge in [-0.15, -0.1) is 0 Å². The Bertz CT molecular complexity index is 267. The third-order valence-electron chi connectivity index (χ3n) is 1.19. The van der Waals surface area contributed by atoms with E-state index in [9.17, 15) is 31.1 Å². The molecule has 0 unspecified atom stereocenters. The maximum absolute atomic E-state index is 12.3. The van der Waals surface area contributed by atoms with Crippen LogP contribution in [0.15, 0.2) is 11.9 Å². The van der Waals surface area contributed by atoms with E-state index in [2.05, 4.69) is 4.74 Å². The SMILES string of the molecule is CCOC(=O)C=C(F)C(F)(F)C(F)(F)F. The highest BCUT2D eigenvalue weighted by molar-refractivity contribution is 5.82. The number of carbonyl (C=O) groups is 1. The molecular formula is C7H6F6O2. The van der Waals surface area contributed by atoms with E-state index in [1.807, 2.05) is 0 Å². The fourth-order valence-corrected chi connectivity index (χ4v) is 0.513. The Labute approximate surface area is 80.5 Å². The van der Waals surface area contributed by atoms with E-state index in [-0.39, 0.29) is 6.61 Å². The maximum atomic E-state index is 12.3. The maximum Gasteiger partial charge on any atom is 0.460 e. The number of esters is 1. The Morgan fingerprint density at radius 2 is 1.73 bits per heavy atom. The van der Waals surface area contributed by atoms with Crippen LogP contribution in [0.3, 0.4) is 0 Å². The molecule has 8 heteroatoms. The molecule has 0 aliphatic rings. The van der Waals surface area contributed by atoms with Crippen LogP contribution < -0.4 is 0 Å². The number of allylic oxidation sites excluding steroid dienone is 1. The highest BCUT2D eigenvalue weighted by Gasteiger charge is 2.61. The molecule has 88 valence electrons. The van der Waals surface area contributed by atoms with Gasteiger partial charge in [-0.3, -0.25) is 0 Å². The Balaban J connectivity index is 4.84. The van der Waals surface area contributed by atoms with Crippen molar-refractivity contribution in [1.29, 1.82) is 0 Å². The summed E-state index contributed by atoms with van der Waals surface area (Å²) < 4.78 is 75.2. The lowest BCUT2D eigenvalue weighted by Crippen LogP contribution is -2.37. The standard InChI is InChI=1S/C7H6F6O2/c1-2-15-5(14)3-4(8)6(9,10)7(11,12)13/h3H,2H2,1H3. The van der Waals surface area contributed by atoms with Crippen molar-refractivity contribution in [2.24, 2.45) is 0 Å². The molecule has 0 saturated carbocycles. The van der Waals surface area contributed by atoms with Crippen LogP contribution in [0.5, 0.6) is 0 Å². The molecule has 0 heterocycles. The van der Waals surface area contributed by atoms with E-state index in [4.69, 9.17) is 0 Å². The molecular weight excluding hydrogens is 230 g/mol. The molecule has 0 aliphatic heterocycles. The minimum atomic E-state index is -6.08. The summed E-state index contributed by atoms with van der Waals surface area (Å²) in [6.07, 6.45) is -6.61. The quantitative estimate of drug-likeness (QED) is 0.427. The van der Waals surface area contributed by atoms with Gasteiger partial charge in [-0.25, -0.2) is 9.18 Å². The van der Waals surface area contributed by atoms with Gasteiger partial charge in [0.15, 0.2) is 5.83 Å². The summed E-state index contributed by atoms with van der Waals surface area (Å²) in [5, 5.41) is 0. The molecule has 0 atom stereocenters. The molecule has 0 spiro atoms. The van der Waals surface area contributed by atoms with E-state index in [1.165, 1.54) is 6.92 Å². The zero-order chi connectivity index (χ0) is 12.3. The van der Waals surface area contributed by atoms with Crippen LogP contribution in [0.4, 0.5) is 26.3 Å². The molecule has 0 radical (unpaired) electrons. The van der Waals surface area contributed by atoms with Gasteiger partial charge in [0.1, 0.15) is 0 Å². The summed E-state index contributed by atoms with van der Waals surface area (Å²) >= 11 is 0. The predicted molar refractivity (Wildman–Crippen MR) is 36.8 cm³/mol. The number of carbonyl (C=O) groups excluding carboxylic acids is 1. The van der Waals surface area contributed by atoms with E-state index < -0.39 is 30.0 Å². The Kier molecular flexibility index (Phi) is 4.17. The minimum absolute atomic E-state index is 0.264. The Hall–Kier alpha value is -1.21. The van der Waals surface area contributed by atoms with Crippen molar-refractivity contribution >= 4 is 5.97 Å². The number of ether oxygens (including phenoxy) is 1. The first-order chi connectivity index (χ1) is 6.63. The van der Waals surface area contributed by atoms with Crippen molar-refractivity contribution in [1.82, 2.24) is 0 Å². The van der Waals surface area contributed by atoms with Gasteiger partial charge in [0, 0.05) is 0 Å². The summed E-state index contributed by atoms with van der Waals surface area (Å²) in [6.45, 7) is 1.02. The molecule has 0 rings (SSSR count). The van der Waals surface area contributed by atoms with Crippen molar-refractivity contribution in [3.63, 3.8) is 0 Å². The highest BCUT2D eigenvalue weighted by atomic mass is 19.4. The van der Waals surface area contributed by atoms with Gasteiger partial charge in [0.05, 0.1) is 12.7 Å². The van der Waals surface area contributed by atoms with E-state index >= 15 is 0 Å². The van der Waals surface area contributed by atoms with Gasteiger partial charge in [-0.2, -0.15) is 22.0 Å². The van der Waals surface area contributed by atoms with Gasteiger partial charge in [-0.05, 0) is 6.92 Å². The molecule has 0 amide bonds. The molecule has 0 aromatic rings. The topological polar surface area (TPSA) is 26.3 Å². The van der Waals surface area contributed by atoms with Gasteiger partial charge < -0.3 is 4.74 Å². The normalized spacial score (nSPS) is 13.9. The summed E-state index contributed by atoms with van der Waals surface area (Å²) in [4.78, 5) is 10.4. The first-order valence-electron chi connectivity index (χ1n) is 3.62. The second-order valence-corrected chi connectivity index (χ2v) is 2.32. The zero-order valence-electron chi connectivity index (χ0n) is 7.37. The van der Waals surface area contributed by atoms with Crippen LogP contribution in [0.1, 0.15) is 6.92 Å². The number of halogens is 6. The highest BCUT2D eigenvalue weighted by Crippen LogP contribution is 2.41. The second-order valence-electron chi connectivity index (χ2n) is 2.32. The lowest BCUT2D eigenvalue weighted by molar-refractivity contribution is -0.270. The monoisotopic (exact) mass is 236 g/mol. The van der Waals surface area contributed by atoms with Gasteiger partial charge in [-0.1, -0.05) is 0 Å². The summed E-state index contributed by atoms with van der Waals surface area (Å²) in [7, 11) is 0. The van der Waals surface area contributed by atoms with Crippen LogP contribution in [-0.4, -0.2) is 24.7 Å². The Morgan fingerprint density at radius 1 is 1.27 bits per heavy atom. The smallest absolute Gasteiger partial charge is 0.460 e. The molecule has 15 heavy (non-hydrogen) atoms. The van der Waals surface area contributed by atoms with Gasteiger partial charge >= 0.3 is 18.1 Å². The molecule has 0 N–H and O–H groups in total. The second kappa shape index (κ2) is 4.54. The lowest BCUT2D eigenvalue weighted by Gasteiger charge is -2.17. The largest absolute Gasteiger partial charge is 0.463 e. The molecule has 0 fully saturated rings. The summed E-state index contributed by atoms with van der Waals surface area (Å²) in [6, 6.07) is 0.